The van der Waals surface area contributed by atoms with Crippen LogP contribution in [0.15, 0.2) is 22.8 Å². The lowest BCUT2D eigenvalue weighted by molar-refractivity contribution is -0.162. The number of carbonyl (C=O) groups is 2. The van der Waals surface area contributed by atoms with Crippen LogP contribution in [0.25, 0.3) is 0 Å². The number of nitrogens with zero attached hydrogens (tertiary/aromatic N) is 2. The molecule has 13 heteroatoms. The van der Waals surface area contributed by atoms with Crippen LogP contribution in [0.1, 0.15) is 24.6 Å². The molecule has 1 aromatic rings. The van der Waals surface area contributed by atoms with E-state index in [0.29, 0.717) is 23.7 Å². The number of rotatable bonds is 7. The Morgan fingerprint density at radius 1 is 1.56 bits per heavy atom. The molecule has 0 aromatic carbocycles. The molecule has 2 aliphatic heterocycles. The molecule has 3 fully saturated rings. The summed E-state index contributed by atoms with van der Waals surface area (Å²) in [4.78, 5) is 31.2. The topological polar surface area (TPSA) is 165 Å². The van der Waals surface area contributed by atoms with Crippen LogP contribution in [0, 0.1) is 5.92 Å². The summed E-state index contributed by atoms with van der Waals surface area (Å²) in [6, 6.07) is 1.18. The van der Waals surface area contributed by atoms with Gasteiger partial charge in [-0.25, -0.2) is 10.3 Å². The van der Waals surface area contributed by atoms with Crippen molar-refractivity contribution in [2.75, 3.05) is 13.2 Å². The van der Waals surface area contributed by atoms with Gasteiger partial charge in [-0.2, -0.15) is 13.5 Å². The molecule has 1 aliphatic carbocycles. The molecule has 3 aliphatic rings. The van der Waals surface area contributed by atoms with Gasteiger partial charge in [-0.1, -0.05) is 0 Å². The van der Waals surface area contributed by atoms with Crippen LogP contribution in [0.2, 0.25) is 0 Å². The summed E-state index contributed by atoms with van der Waals surface area (Å²) in [5.74, 6) is -0.369. The molecule has 2 bridgehead atoms. The third-order valence-corrected chi connectivity index (χ3v) is 5.68. The van der Waals surface area contributed by atoms with Gasteiger partial charge < -0.3 is 15.1 Å². The number of hydroxylamine groups is 3. The van der Waals surface area contributed by atoms with E-state index in [-0.39, 0.29) is 19.1 Å². The molecule has 3 heterocycles. The Balaban J connectivity index is 1.38. The van der Waals surface area contributed by atoms with Gasteiger partial charge >= 0.3 is 16.4 Å². The summed E-state index contributed by atoms with van der Waals surface area (Å²) in [5.41, 5.74) is 7.20. The van der Waals surface area contributed by atoms with E-state index < -0.39 is 40.0 Å². The molecule has 12 nitrogen and oxygen atoms in total. The number of hydrogen-bond acceptors (Lipinski definition) is 8. The van der Waals surface area contributed by atoms with Gasteiger partial charge in [-0.3, -0.25) is 14.2 Å². The number of nitrogens with two attached hydrogens (primary N) is 1. The van der Waals surface area contributed by atoms with Crippen LogP contribution >= 0.6 is 0 Å². The minimum Gasteiger partial charge on any atom is -0.468 e. The van der Waals surface area contributed by atoms with Gasteiger partial charge in [0.05, 0.1) is 24.5 Å². The van der Waals surface area contributed by atoms with Gasteiger partial charge in [-0.15, -0.1) is 4.28 Å². The first kappa shape index (κ1) is 18.2. The minimum absolute atomic E-state index is 0.0340. The van der Waals surface area contributed by atoms with Crippen molar-refractivity contribution in [3.8, 4) is 0 Å². The number of furan rings is 1. The van der Waals surface area contributed by atoms with E-state index in [4.69, 9.17) is 19.5 Å². The van der Waals surface area contributed by atoms with Crippen LogP contribution in [0.3, 0.4) is 0 Å². The summed E-state index contributed by atoms with van der Waals surface area (Å²) in [5, 5.41) is 0.661. The highest BCUT2D eigenvalue weighted by atomic mass is 32.3. The van der Waals surface area contributed by atoms with Gasteiger partial charge in [0.1, 0.15) is 11.8 Å². The largest absolute Gasteiger partial charge is 0.468 e. The summed E-state index contributed by atoms with van der Waals surface area (Å²) in [6.45, 7) is 0.101. The Kier molecular flexibility index (Phi) is 4.16. The molecule has 4 N–H and O–H groups in total. The Morgan fingerprint density at radius 2 is 2.33 bits per heavy atom. The van der Waals surface area contributed by atoms with Crippen molar-refractivity contribution in [3.63, 3.8) is 0 Å². The SMILES string of the molecule is NC(CONC(=O)C1C2CCC23CN1C(=O)N3OS(=O)(=O)O)c1ccco1. The Hall–Kier alpha value is -2.19. The van der Waals surface area contributed by atoms with E-state index >= 15 is 0 Å². The van der Waals surface area contributed by atoms with Crippen molar-refractivity contribution in [1.82, 2.24) is 15.4 Å². The second-order valence-corrected chi connectivity index (χ2v) is 7.80. The first-order valence-corrected chi connectivity index (χ1v) is 9.58. The fourth-order valence-electron chi connectivity index (χ4n) is 4.08. The van der Waals surface area contributed by atoms with Crippen LogP contribution in [0.4, 0.5) is 4.79 Å². The number of fused-ring (bicyclic) bond motifs is 1. The molecule has 27 heavy (non-hydrogen) atoms. The second-order valence-electron chi connectivity index (χ2n) is 6.80. The number of amides is 3. The van der Waals surface area contributed by atoms with Gasteiger partial charge in [0.15, 0.2) is 0 Å². The van der Waals surface area contributed by atoms with Crippen LogP contribution in [-0.4, -0.2) is 59.6 Å². The molecule has 0 radical (unpaired) electrons. The lowest BCUT2D eigenvalue weighted by Crippen LogP contribution is -2.66. The smallest absolute Gasteiger partial charge is 0.418 e. The molecule has 3 amide bonds. The second kappa shape index (κ2) is 6.17. The highest BCUT2D eigenvalue weighted by Crippen LogP contribution is 2.57. The Bertz CT molecular complexity index is 858. The van der Waals surface area contributed by atoms with Gasteiger partial charge in [0.2, 0.25) is 0 Å². The van der Waals surface area contributed by atoms with E-state index in [2.05, 4.69) is 9.76 Å². The third-order valence-electron chi connectivity index (χ3n) is 5.35. The summed E-state index contributed by atoms with van der Waals surface area (Å²) in [6.07, 6.45) is 2.53. The predicted molar refractivity (Wildman–Crippen MR) is 85.5 cm³/mol. The molecule has 2 saturated heterocycles. The molecular formula is C14H18N4O8S. The molecule has 1 saturated carbocycles. The van der Waals surface area contributed by atoms with Crippen molar-refractivity contribution in [2.24, 2.45) is 11.7 Å². The number of carbonyl (C=O) groups excluding carboxylic acids is 2. The predicted octanol–water partition coefficient (Wildman–Crippen LogP) is -0.670. The molecular weight excluding hydrogens is 384 g/mol. The molecule has 4 rings (SSSR count). The molecule has 4 unspecified atom stereocenters. The molecule has 148 valence electrons. The van der Waals surface area contributed by atoms with Crippen molar-refractivity contribution in [3.05, 3.63) is 24.2 Å². The standard InChI is InChI=1S/C14H18N4O8S/c15-9(10-2-1-5-24-10)6-25-16-12(19)11-8-3-4-14(8)7-17(11)13(20)18(14)26-27(21,22)23/h1-2,5,8-9,11H,3-4,6-7,15H2,(H,16,19)(H,21,22,23). The van der Waals surface area contributed by atoms with Crippen molar-refractivity contribution < 1.29 is 36.1 Å². The summed E-state index contributed by atoms with van der Waals surface area (Å²) < 4.78 is 40.5. The summed E-state index contributed by atoms with van der Waals surface area (Å²) >= 11 is 0. The first-order chi connectivity index (χ1) is 12.7. The van der Waals surface area contributed by atoms with E-state index in [9.17, 15) is 18.0 Å². The minimum atomic E-state index is -4.84. The van der Waals surface area contributed by atoms with E-state index in [1.165, 1.54) is 11.2 Å². The zero-order valence-corrected chi connectivity index (χ0v) is 14.8. The highest BCUT2D eigenvalue weighted by Gasteiger charge is 2.72. The maximum Gasteiger partial charge on any atom is 0.418 e. The van der Waals surface area contributed by atoms with Crippen LogP contribution < -0.4 is 11.2 Å². The van der Waals surface area contributed by atoms with Gasteiger partial charge in [0, 0.05) is 12.5 Å². The number of nitrogens with one attached hydrogen (secondary N) is 1. The quantitative estimate of drug-likeness (QED) is 0.396. The van der Waals surface area contributed by atoms with Crippen LogP contribution in [-0.2, 0) is 24.3 Å². The zero-order chi connectivity index (χ0) is 19.4. The first-order valence-electron chi connectivity index (χ1n) is 8.21. The lowest BCUT2D eigenvalue weighted by atomic mass is 9.65. The average molecular weight is 402 g/mol. The van der Waals surface area contributed by atoms with Gasteiger partial charge in [0.25, 0.3) is 5.91 Å². The van der Waals surface area contributed by atoms with Crippen molar-refractivity contribution in [2.45, 2.75) is 30.5 Å². The van der Waals surface area contributed by atoms with E-state index in [0.717, 1.165) is 0 Å². The fourth-order valence-corrected chi connectivity index (χ4v) is 4.49. The Morgan fingerprint density at radius 3 is 2.93 bits per heavy atom. The fraction of sp³-hybridized carbons (Fsp3) is 0.571. The highest BCUT2D eigenvalue weighted by molar-refractivity contribution is 7.80. The number of urea groups is 1. The molecule has 1 aromatic heterocycles. The summed E-state index contributed by atoms with van der Waals surface area (Å²) in [7, 11) is -4.84. The van der Waals surface area contributed by atoms with Gasteiger partial charge in [-0.05, 0) is 25.0 Å². The maximum atomic E-state index is 12.5. The zero-order valence-electron chi connectivity index (χ0n) is 14.0. The maximum absolute atomic E-state index is 12.5. The lowest BCUT2D eigenvalue weighted by Gasteiger charge is -2.50. The normalized spacial score (nSPS) is 30.2. The average Bonchev–Trinajstić information content (AvgIpc) is 3.24. The van der Waals surface area contributed by atoms with Crippen molar-refractivity contribution in [1.29, 1.82) is 0 Å². The van der Waals surface area contributed by atoms with E-state index in [1.54, 1.807) is 12.1 Å². The molecule has 4 atom stereocenters. The molecule has 1 spiro atoms. The number of hydrogen-bond donors (Lipinski definition) is 3. The third kappa shape index (κ3) is 2.87. The monoisotopic (exact) mass is 402 g/mol. The Labute approximate surface area is 154 Å². The van der Waals surface area contributed by atoms with Crippen LogP contribution in [0.5, 0.6) is 0 Å². The van der Waals surface area contributed by atoms with E-state index in [1.807, 2.05) is 0 Å². The van der Waals surface area contributed by atoms with Crippen molar-refractivity contribution >= 4 is 22.3 Å².